The molecule has 1 saturated heterocycles. The molecule has 3 rings (SSSR count). The Balaban J connectivity index is 1.67. The van der Waals surface area contributed by atoms with Gasteiger partial charge >= 0.3 is 0 Å². The van der Waals surface area contributed by atoms with Crippen LogP contribution in [0.15, 0.2) is 48.5 Å². The highest BCUT2D eigenvalue weighted by Gasteiger charge is 2.41. The van der Waals surface area contributed by atoms with E-state index in [-0.39, 0.29) is 6.54 Å². The standard InChI is InChI=1S/C19H24N4O5S/c1-3-28-16-10-4-13(5-11-16)21-18(24)17-12-20-22-19(17)29(25,26)23-14-6-8-15(27-2)9-7-14/h4-11,17,19-20,22-23H,3,12H2,1-2H3,(H,21,24). The van der Waals surface area contributed by atoms with Crippen molar-refractivity contribution in [3.63, 3.8) is 0 Å². The number of methoxy groups -OCH3 is 1. The molecule has 9 nitrogen and oxygen atoms in total. The van der Waals surface area contributed by atoms with Crippen molar-refractivity contribution >= 4 is 27.3 Å². The van der Waals surface area contributed by atoms with Crippen molar-refractivity contribution in [2.24, 2.45) is 5.92 Å². The van der Waals surface area contributed by atoms with Gasteiger partial charge in [-0.2, -0.15) is 0 Å². The number of hydrogen-bond acceptors (Lipinski definition) is 7. The average molecular weight is 420 g/mol. The van der Waals surface area contributed by atoms with Crippen LogP contribution < -0.4 is 30.4 Å². The lowest BCUT2D eigenvalue weighted by atomic mass is 10.1. The van der Waals surface area contributed by atoms with E-state index in [1.165, 1.54) is 7.11 Å². The molecule has 1 heterocycles. The van der Waals surface area contributed by atoms with E-state index in [2.05, 4.69) is 20.9 Å². The summed E-state index contributed by atoms with van der Waals surface area (Å²) in [6.07, 6.45) is 0. The predicted octanol–water partition coefficient (Wildman–Crippen LogP) is 1.52. The Morgan fingerprint density at radius 1 is 1.07 bits per heavy atom. The van der Waals surface area contributed by atoms with Crippen LogP contribution >= 0.6 is 0 Å². The van der Waals surface area contributed by atoms with Gasteiger partial charge in [0.15, 0.2) is 5.37 Å². The Morgan fingerprint density at radius 3 is 2.31 bits per heavy atom. The summed E-state index contributed by atoms with van der Waals surface area (Å²) < 4.78 is 38.5. The highest BCUT2D eigenvalue weighted by atomic mass is 32.2. The minimum Gasteiger partial charge on any atom is -0.497 e. The van der Waals surface area contributed by atoms with Crippen molar-refractivity contribution in [3.05, 3.63) is 48.5 Å². The van der Waals surface area contributed by atoms with Gasteiger partial charge in [0.05, 0.1) is 19.6 Å². The summed E-state index contributed by atoms with van der Waals surface area (Å²) in [5.74, 6) is 0.0779. The third-order valence-corrected chi connectivity index (χ3v) is 6.02. The smallest absolute Gasteiger partial charge is 0.250 e. The molecule has 2 aromatic rings. The van der Waals surface area contributed by atoms with Crippen LogP contribution in [0, 0.1) is 5.92 Å². The fourth-order valence-corrected chi connectivity index (χ4v) is 4.41. The first-order valence-electron chi connectivity index (χ1n) is 9.10. The number of carbonyl (C=O) groups excluding carboxylic acids is 1. The fourth-order valence-electron chi connectivity index (χ4n) is 2.92. The molecule has 0 spiro atoms. The van der Waals surface area contributed by atoms with Gasteiger partial charge in [0.1, 0.15) is 11.5 Å². The maximum absolute atomic E-state index is 12.8. The summed E-state index contributed by atoms with van der Waals surface area (Å²) in [6, 6.07) is 13.4. The largest absolute Gasteiger partial charge is 0.497 e. The molecule has 1 aliphatic rings. The average Bonchev–Trinajstić information content (AvgIpc) is 3.21. The number of hydrazine groups is 1. The Hall–Kier alpha value is -2.82. The van der Waals surface area contributed by atoms with Crippen LogP contribution in [0.1, 0.15) is 6.92 Å². The first-order chi connectivity index (χ1) is 13.9. The van der Waals surface area contributed by atoms with E-state index >= 15 is 0 Å². The number of carbonyl (C=O) groups is 1. The zero-order chi connectivity index (χ0) is 20.9. The van der Waals surface area contributed by atoms with Crippen molar-refractivity contribution in [3.8, 4) is 11.5 Å². The van der Waals surface area contributed by atoms with Crippen LogP contribution in [0.4, 0.5) is 11.4 Å². The first-order valence-corrected chi connectivity index (χ1v) is 10.7. The van der Waals surface area contributed by atoms with Gasteiger partial charge in [0.2, 0.25) is 5.91 Å². The molecule has 2 unspecified atom stereocenters. The maximum Gasteiger partial charge on any atom is 0.250 e. The van der Waals surface area contributed by atoms with E-state index in [9.17, 15) is 13.2 Å². The molecule has 1 amide bonds. The molecule has 29 heavy (non-hydrogen) atoms. The van der Waals surface area contributed by atoms with Gasteiger partial charge in [-0.1, -0.05) is 0 Å². The molecule has 0 aromatic heterocycles. The SMILES string of the molecule is CCOc1ccc(NC(=O)C2CNNC2S(=O)(=O)Nc2ccc(OC)cc2)cc1. The molecule has 1 aliphatic heterocycles. The summed E-state index contributed by atoms with van der Waals surface area (Å²) >= 11 is 0. The monoisotopic (exact) mass is 420 g/mol. The summed E-state index contributed by atoms with van der Waals surface area (Å²) in [6.45, 7) is 2.61. The van der Waals surface area contributed by atoms with E-state index in [1.807, 2.05) is 6.92 Å². The molecule has 1 fully saturated rings. The highest BCUT2D eigenvalue weighted by Crippen LogP contribution is 2.22. The van der Waals surface area contributed by atoms with E-state index in [1.54, 1.807) is 48.5 Å². The molecule has 0 aliphatic carbocycles. The third kappa shape index (κ3) is 5.17. The normalized spacial score (nSPS) is 18.8. The van der Waals surface area contributed by atoms with Crippen LogP contribution in [0.2, 0.25) is 0 Å². The Morgan fingerprint density at radius 2 is 1.69 bits per heavy atom. The number of ether oxygens (including phenoxy) is 2. The molecule has 0 saturated carbocycles. The lowest BCUT2D eigenvalue weighted by molar-refractivity contribution is -0.119. The number of sulfonamides is 1. The number of nitrogens with one attached hydrogen (secondary N) is 4. The van der Waals surface area contributed by atoms with Gasteiger partial charge in [-0.3, -0.25) is 14.9 Å². The summed E-state index contributed by atoms with van der Waals surface area (Å²) in [7, 11) is -2.35. The molecule has 2 aromatic carbocycles. The van der Waals surface area contributed by atoms with E-state index in [0.29, 0.717) is 29.5 Å². The van der Waals surface area contributed by atoms with Crippen molar-refractivity contribution in [1.29, 1.82) is 0 Å². The molecule has 156 valence electrons. The van der Waals surface area contributed by atoms with Crippen molar-refractivity contribution in [1.82, 2.24) is 10.9 Å². The predicted molar refractivity (Wildman–Crippen MR) is 110 cm³/mol. The lowest BCUT2D eigenvalue weighted by Crippen LogP contribution is -2.45. The molecular formula is C19H24N4O5S. The first kappa shape index (κ1) is 20.9. The quantitative estimate of drug-likeness (QED) is 0.511. The summed E-state index contributed by atoms with van der Waals surface area (Å²) in [4.78, 5) is 12.7. The second kappa shape index (κ2) is 9.12. The van der Waals surface area contributed by atoms with Gasteiger partial charge in [0, 0.05) is 17.9 Å². The van der Waals surface area contributed by atoms with Gasteiger partial charge in [-0.25, -0.2) is 13.8 Å². The maximum atomic E-state index is 12.8. The van der Waals surface area contributed by atoms with Crippen molar-refractivity contribution in [2.45, 2.75) is 12.3 Å². The zero-order valence-corrected chi connectivity index (χ0v) is 17.0. The van der Waals surface area contributed by atoms with E-state index < -0.39 is 27.2 Å². The van der Waals surface area contributed by atoms with Crippen LogP contribution in [0.3, 0.4) is 0 Å². The third-order valence-electron chi connectivity index (χ3n) is 4.39. The molecular weight excluding hydrogens is 396 g/mol. The number of benzene rings is 2. The summed E-state index contributed by atoms with van der Waals surface area (Å²) in [5.41, 5.74) is 6.37. The minimum atomic E-state index is -3.88. The topological polar surface area (TPSA) is 118 Å². The van der Waals surface area contributed by atoms with Gasteiger partial charge in [0.25, 0.3) is 10.0 Å². The Kier molecular flexibility index (Phi) is 6.57. The lowest BCUT2D eigenvalue weighted by Gasteiger charge is -2.19. The van der Waals surface area contributed by atoms with E-state index in [0.717, 1.165) is 0 Å². The zero-order valence-electron chi connectivity index (χ0n) is 16.1. The van der Waals surface area contributed by atoms with Gasteiger partial charge in [-0.15, -0.1) is 0 Å². The molecule has 4 N–H and O–H groups in total. The molecule has 0 radical (unpaired) electrons. The van der Waals surface area contributed by atoms with Crippen LogP contribution in [-0.4, -0.2) is 40.0 Å². The molecule has 10 heteroatoms. The van der Waals surface area contributed by atoms with Crippen molar-refractivity contribution in [2.75, 3.05) is 30.3 Å². The second-order valence-electron chi connectivity index (χ2n) is 6.37. The van der Waals surface area contributed by atoms with Crippen molar-refractivity contribution < 1.29 is 22.7 Å². The number of rotatable bonds is 8. The molecule has 0 bridgehead atoms. The van der Waals surface area contributed by atoms with Gasteiger partial charge in [-0.05, 0) is 55.5 Å². The second-order valence-corrected chi connectivity index (χ2v) is 8.18. The molecule has 2 atom stereocenters. The van der Waals surface area contributed by atoms with E-state index in [4.69, 9.17) is 9.47 Å². The minimum absolute atomic E-state index is 0.178. The number of anilines is 2. The highest BCUT2D eigenvalue weighted by molar-refractivity contribution is 7.93. The Labute approximate surface area is 169 Å². The van der Waals surface area contributed by atoms with Gasteiger partial charge < -0.3 is 14.8 Å². The summed E-state index contributed by atoms with van der Waals surface area (Å²) in [5, 5.41) is 1.62. The van der Waals surface area contributed by atoms with Crippen LogP contribution in [0.25, 0.3) is 0 Å². The Bertz CT molecular complexity index is 932. The fraction of sp³-hybridized carbons (Fsp3) is 0.316. The van der Waals surface area contributed by atoms with Crippen LogP contribution in [-0.2, 0) is 14.8 Å². The number of amides is 1. The number of hydrogen-bond donors (Lipinski definition) is 4. The van der Waals surface area contributed by atoms with Crippen LogP contribution in [0.5, 0.6) is 11.5 Å².